The molecule has 1 N–H and O–H groups in total. The number of nitrogens with zero attached hydrogens (tertiary/aromatic N) is 2. The number of amides is 1. The van der Waals surface area contributed by atoms with Gasteiger partial charge in [0, 0.05) is 23.8 Å². The van der Waals surface area contributed by atoms with Crippen LogP contribution in [0.5, 0.6) is 0 Å². The molecule has 5 heteroatoms. The predicted molar refractivity (Wildman–Crippen MR) is 77.6 cm³/mol. The Morgan fingerprint density at radius 3 is 2.58 bits per heavy atom. The monoisotopic (exact) mass is 277 g/mol. The van der Waals surface area contributed by atoms with Gasteiger partial charge in [-0.1, -0.05) is 0 Å². The SMILES string of the molecule is Cc1nc(C(C)NC(=O)c2ccn(C)c2C)c(C)s1. The predicted octanol–water partition coefficient (Wildman–Crippen LogP) is 2.90. The van der Waals surface area contributed by atoms with Gasteiger partial charge in [-0.3, -0.25) is 4.79 Å². The van der Waals surface area contributed by atoms with Gasteiger partial charge in [0.05, 0.1) is 22.3 Å². The molecule has 0 aliphatic carbocycles. The molecule has 2 aromatic heterocycles. The Bertz CT molecular complexity index is 612. The summed E-state index contributed by atoms with van der Waals surface area (Å²) in [6, 6.07) is 1.77. The lowest BCUT2D eigenvalue weighted by atomic mass is 10.2. The maximum Gasteiger partial charge on any atom is 0.253 e. The van der Waals surface area contributed by atoms with E-state index in [9.17, 15) is 4.79 Å². The molecule has 19 heavy (non-hydrogen) atoms. The maximum atomic E-state index is 12.2. The minimum atomic E-state index is -0.0722. The van der Waals surface area contributed by atoms with Gasteiger partial charge in [-0.25, -0.2) is 4.98 Å². The molecule has 0 aliphatic heterocycles. The highest BCUT2D eigenvalue weighted by Crippen LogP contribution is 2.22. The average molecular weight is 277 g/mol. The van der Waals surface area contributed by atoms with Crippen molar-refractivity contribution in [1.29, 1.82) is 0 Å². The van der Waals surface area contributed by atoms with Crippen molar-refractivity contribution in [3.63, 3.8) is 0 Å². The Morgan fingerprint density at radius 1 is 1.42 bits per heavy atom. The molecule has 1 unspecified atom stereocenters. The Balaban J connectivity index is 2.15. The number of nitrogens with one attached hydrogen (secondary N) is 1. The van der Waals surface area contributed by atoms with Gasteiger partial charge >= 0.3 is 0 Å². The third-order valence-electron chi connectivity index (χ3n) is 3.33. The molecule has 0 radical (unpaired) electrons. The van der Waals surface area contributed by atoms with Crippen molar-refractivity contribution >= 4 is 17.2 Å². The summed E-state index contributed by atoms with van der Waals surface area (Å²) in [5, 5.41) is 4.04. The second-order valence-electron chi connectivity index (χ2n) is 4.80. The summed E-state index contributed by atoms with van der Waals surface area (Å²) < 4.78 is 1.94. The van der Waals surface area contributed by atoms with E-state index in [-0.39, 0.29) is 11.9 Å². The summed E-state index contributed by atoms with van der Waals surface area (Å²) >= 11 is 1.66. The number of hydrogen-bond acceptors (Lipinski definition) is 3. The zero-order valence-corrected chi connectivity index (χ0v) is 12.8. The maximum absolute atomic E-state index is 12.2. The normalized spacial score (nSPS) is 12.5. The summed E-state index contributed by atoms with van der Waals surface area (Å²) in [6.45, 7) is 7.93. The first-order valence-corrected chi connectivity index (χ1v) is 7.08. The Morgan fingerprint density at radius 2 is 2.11 bits per heavy atom. The smallest absolute Gasteiger partial charge is 0.253 e. The van der Waals surface area contributed by atoms with Crippen molar-refractivity contribution < 1.29 is 4.79 Å². The van der Waals surface area contributed by atoms with Crippen LogP contribution in [0.2, 0.25) is 0 Å². The fourth-order valence-electron chi connectivity index (χ4n) is 2.14. The summed E-state index contributed by atoms with van der Waals surface area (Å²) in [5.41, 5.74) is 2.65. The highest BCUT2D eigenvalue weighted by molar-refractivity contribution is 7.11. The Hall–Kier alpha value is -1.62. The second-order valence-corrected chi connectivity index (χ2v) is 6.20. The molecule has 102 valence electrons. The quantitative estimate of drug-likeness (QED) is 0.937. The molecule has 2 rings (SSSR count). The number of aromatic nitrogens is 2. The minimum Gasteiger partial charge on any atom is -0.354 e. The summed E-state index contributed by atoms with van der Waals surface area (Å²) in [6.07, 6.45) is 1.90. The van der Waals surface area contributed by atoms with Crippen LogP contribution in [0.25, 0.3) is 0 Å². The van der Waals surface area contributed by atoms with Crippen molar-refractivity contribution in [3.05, 3.63) is 39.1 Å². The van der Waals surface area contributed by atoms with Crippen LogP contribution < -0.4 is 5.32 Å². The molecule has 0 saturated heterocycles. The van der Waals surface area contributed by atoms with E-state index in [0.29, 0.717) is 0 Å². The number of rotatable bonds is 3. The number of carbonyl (C=O) groups is 1. The van der Waals surface area contributed by atoms with Crippen LogP contribution in [-0.4, -0.2) is 15.5 Å². The van der Waals surface area contributed by atoms with Crippen LogP contribution >= 0.6 is 11.3 Å². The van der Waals surface area contributed by atoms with E-state index in [4.69, 9.17) is 0 Å². The molecular weight excluding hydrogens is 258 g/mol. The van der Waals surface area contributed by atoms with Crippen LogP contribution in [0.4, 0.5) is 0 Å². The lowest BCUT2D eigenvalue weighted by Gasteiger charge is -2.13. The molecule has 1 amide bonds. The molecule has 1 atom stereocenters. The van der Waals surface area contributed by atoms with Gasteiger partial charge in [-0.05, 0) is 33.8 Å². The number of aryl methyl sites for hydroxylation is 3. The first-order valence-electron chi connectivity index (χ1n) is 6.27. The van der Waals surface area contributed by atoms with Gasteiger partial charge in [0.25, 0.3) is 5.91 Å². The molecule has 0 aliphatic rings. The van der Waals surface area contributed by atoms with E-state index in [0.717, 1.165) is 26.8 Å². The van der Waals surface area contributed by atoms with Gasteiger partial charge in [0.15, 0.2) is 0 Å². The van der Waals surface area contributed by atoms with Crippen molar-refractivity contribution in [2.45, 2.75) is 33.7 Å². The highest BCUT2D eigenvalue weighted by Gasteiger charge is 2.18. The second kappa shape index (κ2) is 5.17. The van der Waals surface area contributed by atoms with E-state index in [1.807, 2.05) is 51.6 Å². The molecule has 0 saturated carbocycles. The van der Waals surface area contributed by atoms with E-state index < -0.39 is 0 Å². The van der Waals surface area contributed by atoms with Crippen LogP contribution in [-0.2, 0) is 7.05 Å². The zero-order chi connectivity index (χ0) is 14.2. The summed E-state index contributed by atoms with van der Waals surface area (Å²) in [7, 11) is 1.93. The van der Waals surface area contributed by atoms with Gasteiger partial charge in [-0.2, -0.15) is 0 Å². The average Bonchev–Trinajstić information content (AvgIpc) is 2.83. The highest BCUT2D eigenvalue weighted by atomic mass is 32.1. The van der Waals surface area contributed by atoms with Crippen LogP contribution in [0, 0.1) is 20.8 Å². The van der Waals surface area contributed by atoms with E-state index in [1.54, 1.807) is 11.3 Å². The summed E-state index contributed by atoms with van der Waals surface area (Å²) in [5.74, 6) is -0.0457. The van der Waals surface area contributed by atoms with E-state index in [1.165, 1.54) is 0 Å². The van der Waals surface area contributed by atoms with Crippen LogP contribution in [0.15, 0.2) is 12.3 Å². The first kappa shape index (κ1) is 13.8. The Kier molecular flexibility index (Phi) is 3.75. The fraction of sp³-hybridized carbons (Fsp3) is 0.429. The van der Waals surface area contributed by atoms with Crippen molar-refractivity contribution in [1.82, 2.24) is 14.9 Å². The van der Waals surface area contributed by atoms with E-state index >= 15 is 0 Å². The van der Waals surface area contributed by atoms with Crippen LogP contribution in [0.3, 0.4) is 0 Å². The molecule has 0 spiro atoms. The minimum absolute atomic E-state index is 0.0457. The fourth-order valence-corrected chi connectivity index (χ4v) is 3.05. The molecule has 0 aromatic carbocycles. The van der Waals surface area contributed by atoms with Gasteiger partial charge < -0.3 is 9.88 Å². The first-order chi connectivity index (χ1) is 8.90. The molecule has 2 heterocycles. The topological polar surface area (TPSA) is 46.9 Å². The molecule has 2 aromatic rings. The molecule has 0 fully saturated rings. The van der Waals surface area contributed by atoms with Gasteiger partial charge in [0.1, 0.15) is 0 Å². The van der Waals surface area contributed by atoms with Crippen molar-refractivity contribution in [2.75, 3.05) is 0 Å². The molecule has 4 nitrogen and oxygen atoms in total. The Labute approximate surface area is 117 Å². The standard InChI is InChI=1S/C14H19N3OS/c1-8(13-10(3)19-11(4)16-13)15-14(18)12-6-7-17(5)9(12)2/h6-8H,1-5H3,(H,15,18). The largest absolute Gasteiger partial charge is 0.354 e. The van der Waals surface area contributed by atoms with Gasteiger partial charge in [0.2, 0.25) is 0 Å². The third kappa shape index (κ3) is 2.71. The number of thiazole rings is 1. The van der Waals surface area contributed by atoms with Crippen molar-refractivity contribution in [2.24, 2.45) is 7.05 Å². The molecule has 0 bridgehead atoms. The van der Waals surface area contributed by atoms with Crippen LogP contribution in [0.1, 0.15) is 44.6 Å². The molecular formula is C14H19N3OS. The number of carbonyl (C=O) groups excluding carboxylic acids is 1. The zero-order valence-electron chi connectivity index (χ0n) is 11.9. The van der Waals surface area contributed by atoms with Gasteiger partial charge in [-0.15, -0.1) is 11.3 Å². The lowest BCUT2D eigenvalue weighted by molar-refractivity contribution is 0.0938. The van der Waals surface area contributed by atoms with E-state index in [2.05, 4.69) is 10.3 Å². The van der Waals surface area contributed by atoms with Crippen molar-refractivity contribution in [3.8, 4) is 0 Å². The lowest BCUT2D eigenvalue weighted by Crippen LogP contribution is -2.27. The third-order valence-corrected chi connectivity index (χ3v) is 4.23. The number of hydrogen-bond donors (Lipinski definition) is 1. The summed E-state index contributed by atoms with van der Waals surface area (Å²) in [4.78, 5) is 17.9.